The average molecular weight is 611 g/mol. The number of aryl methyl sites for hydroxylation is 1. The Kier molecular flexibility index (Phi) is 11.5. The van der Waals surface area contributed by atoms with Crippen LogP contribution in [0.25, 0.3) is 11.1 Å². The van der Waals surface area contributed by atoms with Gasteiger partial charge in [0.2, 0.25) is 23.0 Å². The smallest absolute Gasteiger partial charge is 0.242 e. The minimum Gasteiger partial charge on any atom is -0.493 e. The van der Waals surface area contributed by atoms with E-state index in [1.165, 1.54) is 6.92 Å². The van der Waals surface area contributed by atoms with Crippen molar-refractivity contribution < 1.29 is 28.5 Å². The summed E-state index contributed by atoms with van der Waals surface area (Å²) in [5, 5.41) is 9.36. The van der Waals surface area contributed by atoms with Crippen LogP contribution in [0.2, 0.25) is 0 Å². The number of benzene rings is 1. The third kappa shape index (κ3) is 7.44. The fraction of sp³-hybridized carbons (Fsp3) is 0.545. The molecule has 0 spiro atoms. The highest BCUT2D eigenvalue weighted by Gasteiger charge is 2.30. The Balaban J connectivity index is 1.74. The molecular weight excluding hydrogens is 564 g/mol. The summed E-state index contributed by atoms with van der Waals surface area (Å²) < 4.78 is 22.6. The molecule has 2 aromatic rings. The lowest BCUT2D eigenvalue weighted by molar-refractivity contribution is -0.123. The van der Waals surface area contributed by atoms with Gasteiger partial charge in [0.1, 0.15) is 6.04 Å². The number of carbonyl (C=O) groups excluding carboxylic acids is 2. The van der Waals surface area contributed by atoms with Crippen LogP contribution in [0, 0.1) is 5.92 Å². The number of rotatable bonds is 12. The molecule has 0 unspecified atom stereocenters. The van der Waals surface area contributed by atoms with Crippen molar-refractivity contribution in [3.8, 4) is 28.4 Å². The summed E-state index contributed by atoms with van der Waals surface area (Å²) in [5.41, 5.74) is 3.13. The third-order valence-electron chi connectivity index (χ3n) is 8.55. The quantitative estimate of drug-likeness (QED) is 0.332. The zero-order valence-corrected chi connectivity index (χ0v) is 26.7. The van der Waals surface area contributed by atoms with Crippen LogP contribution in [-0.4, -0.2) is 83.5 Å². The Morgan fingerprint density at radius 3 is 2.43 bits per heavy atom. The molecule has 0 saturated carbocycles. The molecule has 11 nitrogen and oxygen atoms in total. The van der Waals surface area contributed by atoms with Gasteiger partial charge in [-0.1, -0.05) is 26.3 Å². The van der Waals surface area contributed by atoms with Crippen molar-refractivity contribution in [3.05, 3.63) is 45.6 Å². The second-order valence-electron chi connectivity index (χ2n) is 11.3. The molecule has 4 rings (SSSR count). The van der Waals surface area contributed by atoms with E-state index < -0.39 is 12.1 Å². The summed E-state index contributed by atoms with van der Waals surface area (Å²) in [6.45, 7) is 9.82. The van der Waals surface area contributed by atoms with Crippen LogP contribution in [0.4, 0.5) is 5.69 Å². The van der Waals surface area contributed by atoms with Crippen molar-refractivity contribution in [2.24, 2.45) is 5.92 Å². The van der Waals surface area contributed by atoms with E-state index in [-0.39, 0.29) is 23.2 Å². The number of fused-ring (bicyclic) bond motifs is 3. The molecular formula is C33H46N4O7. The molecule has 2 aromatic carbocycles. The highest BCUT2D eigenvalue weighted by atomic mass is 16.5. The van der Waals surface area contributed by atoms with Crippen LogP contribution < -0.4 is 35.6 Å². The van der Waals surface area contributed by atoms with Gasteiger partial charge < -0.3 is 34.9 Å². The first-order valence-electron chi connectivity index (χ1n) is 15.3. The van der Waals surface area contributed by atoms with E-state index in [1.807, 2.05) is 26.0 Å². The highest BCUT2D eigenvalue weighted by molar-refractivity contribution is 5.86. The molecule has 1 aliphatic carbocycles. The lowest BCUT2D eigenvalue weighted by atomic mass is 9.95. The Morgan fingerprint density at radius 1 is 1.07 bits per heavy atom. The molecule has 1 saturated heterocycles. The fourth-order valence-corrected chi connectivity index (χ4v) is 5.97. The zero-order valence-electron chi connectivity index (χ0n) is 26.7. The minimum atomic E-state index is -0.614. The van der Waals surface area contributed by atoms with Gasteiger partial charge in [-0.05, 0) is 53.6 Å². The molecule has 0 bridgehead atoms. The van der Waals surface area contributed by atoms with E-state index in [0.29, 0.717) is 61.1 Å². The van der Waals surface area contributed by atoms with Gasteiger partial charge in [-0.3, -0.25) is 19.3 Å². The van der Waals surface area contributed by atoms with Crippen LogP contribution in [0.3, 0.4) is 0 Å². The molecule has 0 aromatic heterocycles. The van der Waals surface area contributed by atoms with Gasteiger partial charge in [-0.25, -0.2) is 0 Å². The van der Waals surface area contributed by atoms with Crippen LogP contribution in [0.15, 0.2) is 29.1 Å². The summed E-state index contributed by atoms with van der Waals surface area (Å²) in [6, 6.07) is 6.02. The second-order valence-corrected chi connectivity index (χ2v) is 11.3. The number of amides is 2. The second kappa shape index (κ2) is 15.3. The first-order chi connectivity index (χ1) is 21.2. The Labute approximate surface area is 259 Å². The largest absolute Gasteiger partial charge is 0.493 e. The number of nitrogens with one attached hydrogen (secondary N) is 3. The Morgan fingerprint density at radius 2 is 1.80 bits per heavy atom. The van der Waals surface area contributed by atoms with E-state index >= 15 is 0 Å². The normalized spacial score (nSPS) is 17.6. The molecule has 44 heavy (non-hydrogen) atoms. The van der Waals surface area contributed by atoms with Gasteiger partial charge in [0.25, 0.3) is 0 Å². The first-order valence-corrected chi connectivity index (χ1v) is 15.3. The highest BCUT2D eigenvalue weighted by Crippen LogP contribution is 2.50. The van der Waals surface area contributed by atoms with Crippen molar-refractivity contribution in [2.75, 3.05) is 66.0 Å². The summed E-state index contributed by atoms with van der Waals surface area (Å²) in [6.07, 6.45) is 1.91. The first kappa shape index (κ1) is 33.1. The number of morpholine rings is 1. The van der Waals surface area contributed by atoms with E-state index in [2.05, 4.69) is 20.9 Å². The molecule has 2 aliphatic rings. The van der Waals surface area contributed by atoms with E-state index in [1.54, 1.807) is 33.5 Å². The van der Waals surface area contributed by atoms with E-state index in [0.717, 1.165) is 42.7 Å². The SMILES string of the molecule is CC[C@@H](C)[C@H](Nc1ccc2c(cc1=O)[C@@H](NC(C)=O)CCc1cc(OC)c(OC)c(OC)c1-2)C(=O)NCCN1CCOCC1. The summed E-state index contributed by atoms with van der Waals surface area (Å²) >= 11 is 0. The summed E-state index contributed by atoms with van der Waals surface area (Å²) in [7, 11) is 4.69. The molecule has 1 aliphatic heterocycles. The summed E-state index contributed by atoms with van der Waals surface area (Å²) in [4.78, 5) is 41.8. The van der Waals surface area contributed by atoms with Gasteiger partial charge in [0.05, 0.1) is 46.3 Å². The summed E-state index contributed by atoms with van der Waals surface area (Å²) in [5.74, 6) is 1.07. The number of carbonyl (C=O) groups is 2. The molecule has 1 heterocycles. The van der Waals surface area contributed by atoms with Crippen LogP contribution >= 0.6 is 0 Å². The maximum atomic E-state index is 13.8. The van der Waals surface area contributed by atoms with Gasteiger partial charge in [-0.15, -0.1) is 0 Å². The van der Waals surface area contributed by atoms with E-state index in [9.17, 15) is 14.4 Å². The average Bonchev–Trinajstić information content (AvgIpc) is 3.26. The molecule has 3 N–H and O–H groups in total. The van der Waals surface area contributed by atoms with Gasteiger partial charge in [0, 0.05) is 38.7 Å². The maximum absolute atomic E-state index is 13.8. The Bertz CT molecular complexity index is 1390. The number of hydrogen-bond donors (Lipinski definition) is 3. The molecule has 1 fully saturated rings. The Hall–Kier alpha value is -3.83. The molecule has 0 radical (unpaired) electrons. The van der Waals surface area contributed by atoms with Crippen LogP contribution in [0.5, 0.6) is 17.2 Å². The number of ether oxygens (including phenoxy) is 4. The van der Waals surface area contributed by atoms with E-state index in [4.69, 9.17) is 18.9 Å². The third-order valence-corrected chi connectivity index (χ3v) is 8.55. The molecule has 2 amide bonds. The number of nitrogens with zero attached hydrogens (tertiary/aromatic N) is 1. The monoisotopic (exact) mass is 610 g/mol. The standard InChI is InChI=1S/C33H46N4O7/c1-7-20(2)30(33(40)34-12-13-37-14-16-44-17-15-37)36-26-11-9-23-24(19-27(26)39)25(35-21(3)38)10-8-22-18-28(41-4)31(42-5)32(43-6)29(22)23/h9,11,18-20,25,30H,7-8,10,12-17H2,1-6H3,(H,34,40)(H,35,38)(H,36,39)/t20-,25+,30+/m1/s1. The number of methoxy groups -OCH3 is 3. The predicted octanol–water partition coefficient (Wildman–Crippen LogP) is 3.14. The minimum absolute atomic E-state index is 0.0363. The number of hydrogen-bond acceptors (Lipinski definition) is 9. The van der Waals surface area contributed by atoms with Crippen LogP contribution in [0.1, 0.15) is 50.8 Å². The maximum Gasteiger partial charge on any atom is 0.242 e. The van der Waals surface area contributed by atoms with Crippen molar-refractivity contribution in [2.45, 2.75) is 52.1 Å². The molecule has 240 valence electrons. The molecule has 11 heteroatoms. The lowest BCUT2D eigenvalue weighted by Crippen LogP contribution is -2.47. The van der Waals surface area contributed by atoms with Crippen molar-refractivity contribution in [1.29, 1.82) is 0 Å². The number of anilines is 1. The predicted molar refractivity (Wildman–Crippen MR) is 170 cm³/mol. The molecule has 3 atom stereocenters. The van der Waals surface area contributed by atoms with Crippen molar-refractivity contribution in [3.63, 3.8) is 0 Å². The van der Waals surface area contributed by atoms with Gasteiger partial charge in [0.15, 0.2) is 11.5 Å². The lowest BCUT2D eigenvalue weighted by Gasteiger charge is -2.28. The van der Waals surface area contributed by atoms with Crippen molar-refractivity contribution in [1.82, 2.24) is 15.5 Å². The van der Waals surface area contributed by atoms with Crippen LogP contribution in [-0.2, 0) is 20.7 Å². The fourth-order valence-electron chi connectivity index (χ4n) is 5.97. The topological polar surface area (TPSA) is 127 Å². The van der Waals surface area contributed by atoms with Crippen molar-refractivity contribution >= 4 is 17.5 Å². The van der Waals surface area contributed by atoms with Gasteiger partial charge >= 0.3 is 0 Å². The zero-order chi connectivity index (χ0) is 31.8. The van der Waals surface area contributed by atoms with Gasteiger partial charge in [-0.2, -0.15) is 0 Å².